The first-order valence-electron chi connectivity index (χ1n) is 6.93. The standard InChI is InChI=1S/C16H27NO/c1-6-15(17)16(18-13(5)11(2)3)14-9-7-8-12(4)10-14/h7-11,13,15-16H,6,17H2,1-5H3. The molecule has 0 aromatic heterocycles. The minimum Gasteiger partial charge on any atom is -0.369 e. The molecule has 0 aliphatic rings. The molecule has 18 heavy (non-hydrogen) atoms. The summed E-state index contributed by atoms with van der Waals surface area (Å²) in [6.07, 6.45) is 1.13. The Morgan fingerprint density at radius 1 is 1.22 bits per heavy atom. The molecule has 0 heterocycles. The SMILES string of the molecule is CCC(N)C(OC(C)C(C)C)c1cccc(C)c1. The predicted molar refractivity (Wildman–Crippen MR) is 77.6 cm³/mol. The maximum absolute atomic E-state index is 6.22. The molecule has 3 unspecified atom stereocenters. The zero-order chi connectivity index (χ0) is 13.7. The van der Waals surface area contributed by atoms with Gasteiger partial charge >= 0.3 is 0 Å². The summed E-state index contributed by atoms with van der Waals surface area (Å²) in [7, 11) is 0. The molecule has 0 saturated heterocycles. The van der Waals surface area contributed by atoms with Gasteiger partial charge in [-0.15, -0.1) is 0 Å². The van der Waals surface area contributed by atoms with Crippen LogP contribution < -0.4 is 5.73 Å². The van der Waals surface area contributed by atoms with E-state index in [0.29, 0.717) is 5.92 Å². The van der Waals surface area contributed by atoms with Gasteiger partial charge in [0.1, 0.15) is 0 Å². The Morgan fingerprint density at radius 3 is 2.39 bits per heavy atom. The summed E-state index contributed by atoms with van der Waals surface area (Å²) in [5, 5.41) is 0. The molecule has 0 bridgehead atoms. The second-order valence-electron chi connectivity index (χ2n) is 5.49. The maximum atomic E-state index is 6.22. The second kappa shape index (κ2) is 6.91. The monoisotopic (exact) mass is 249 g/mol. The number of hydrogen-bond acceptors (Lipinski definition) is 2. The molecule has 0 aliphatic heterocycles. The van der Waals surface area contributed by atoms with Gasteiger partial charge in [0.2, 0.25) is 0 Å². The van der Waals surface area contributed by atoms with Crippen LogP contribution in [-0.2, 0) is 4.74 Å². The molecule has 0 saturated carbocycles. The van der Waals surface area contributed by atoms with Crippen molar-refractivity contribution in [1.82, 2.24) is 0 Å². The first-order chi connectivity index (χ1) is 8.45. The van der Waals surface area contributed by atoms with E-state index in [4.69, 9.17) is 10.5 Å². The molecular weight excluding hydrogens is 222 g/mol. The summed E-state index contributed by atoms with van der Waals surface area (Å²) in [6.45, 7) is 10.7. The first-order valence-corrected chi connectivity index (χ1v) is 6.93. The maximum Gasteiger partial charge on any atom is 0.0979 e. The molecule has 2 nitrogen and oxygen atoms in total. The number of aryl methyl sites for hydroxylation is 1. The molecule has 102 valence electrons. The highest BCUT2D eigenvalue weighted by Gasteiger charge is 2.23. The summed E-state index contributed by atoms with van der Waals surface area (Å²) in [5.74, 6) is 0.501. The van der Waals surface area contributed by atoms with E-state index < -0.39 is 0 Å². The molecule has 0 radical (unpaired) electrons. The van der Waals surface area contributed by atoms with E-state index in [0.717, 1.165) is 6.42 Å². The number of ether oxygens (including phenoxy) is 1. The zero-order valence-electron chi connectivity index (χ0n) is 12.3. The van der Waals surface area contributed by atoms with E-state index in [1.807, 2.05) is 0 Å². The Morgan fingerprint density at radius 2 is 1.89 bits per heavy atom. The number of benzene rings is 1. The fraction of sp³-hybridized carbons (Fsp3) is 0.625. The molecule has 0 aliphatic carbocycles. The van der Waals surface area contributed by atoms with Crippen LogP contribution in [0.5, 0.6) is 0 Å². The van der Waals surface area contributed by atoms with E-state index >= 15 is 0 Å². The summed E-state index contributed by atoms with van der Waals surface area (Å²) in [5.41, 5.74) is 8.67. The second-order valence-corrected chi connectivity index (χ2v) is 5.49. The van der Waals surface area contributed by atoms with Gasteiger partial charge in [-0.3, -0.25) is 0 Å². The Hall–Kier alpha value is -0.860. The normalized spacial score (nSPS) is 16.6. The van der Waals surface area contributed by atoms with Crippen LogP contribution in [0.1, 0.15) is 51.3 Å². The van der Waals surface area contributed by atoms with E-state index in [2.05, 4.69) is 58.9 Å². The highest BCUT2D eigenvalue weighted by Crippen LogP contribution is 2.26. The van der Waals surface area contributed by atoms with Crippen LogP contribution >= 0.6 is 0 Å². The predicted octanol–water partition coefficient (Wildman–Crippen LogP) is 3.83. The van der Waals surface area contributed by atoms with Crippen molar-refractivity contribution in [1.29, 1.82) is 0 Å². The van der Waals surface area contributed by atoms with Crippen molar-refractivity contribution in [2.75, 3.05) is 0 Å². The Bertz CT molecular complexity index is 362. The van der Waals surface area contributed by atoms with Gasteiger partial charge in [0.25, 0.3) is 0 Å². The molecule has 3 atom stereocenters. The minimum absolute atomic E-state index is 0.00713. The molecular formula is C16H27NO. The van der Waals surface area contributed by atoms with Gasteiger partial charge < -0.3 is 10.5 Å². The third kappa shape index (κ3) is 4.11. The third-order valence-corrected chi connectivity index (χ3v) is 3.53. The van der Waals surface area contributed by atoms with Gasteiger partial charge in [-0.05, 0) is 31.7 Å². The van der Waals surface area contributed by atoms with Crippen LogP contribution in [0, 0.1) is 12.8 Å². The van der Waals surface area contributed by atoms with Crippen molar-refractivity contribution in [2.45, 2.75) is 59.3 Å². The number of hydrogen-bond donors (Lipinski definition) is 1. The molecule has 1 rings (SSSR count). The van der Waals surface area contributed by atoms with Crippen LogP contribution in [0.25, 0.3) is 0 Å². The number of nitrogens with two attached hydrogens (primary N) is 1. The van der Waals surface area contributed by atoms with Crippen molar-refractivity contribution in [3.63, 3.8) is 0 Å². The molecule has 0 amide bonds. The van der Waals surface area contributed by atoms with Gasteiger partial charge in [-0.25, -0.2) is 0 Å². The smallest absolute Gasteiger partial charge is 0.0979 e. The lowest BCUT2D eigenvalue weighted by Gasteiger charge is -2.29. The Balaban J connectivity index is 2.91. The molecule has 0 fully saturated rings. The lowest BCUT2D eigenvalue weighted by atomic mass is 9.98. The quantitative estimate of drug-likeness (QED) is 0.831. The Kier molecular flexibility index (Phi) is 5.83. The van der Waals surface area contributed by atoms with Gasteiger partial charge in [-0.2, -0.15) is 0 Å². The Labute approximate surface area is 112 Å². The van der Waals surface area contributed by atoms with E-state index in [-0.39, 0.29) is 18.2 Å². The number of rotatable bonds is 6. The lowest BCUT2D eigenvalue weighted by molar-refractivity contribution is -0.0395. The first kappa shape index (κ1) is 15.2. The highest BCUT2D eigenvalue weighted by molar-refractivity contribution is 5.25. The van der Waals surface area contributed by atoms with E-state index in [9.17, 15) is 0 Å². The van der Waals surface area contributed by atoms with Crippen molar-refractivity contribution in [3.05, 3.63) is 35.4 Å². The molecule has 0 spiro atoms. The summed E-state index contributed by atoms with van der Waals surface area (Å²) in [4.78, 5) is 0. The lowest BCUT2D eigenvalue weighted by Crippen LogP contribution is -2.33. The van der Waals surface area contributed by atoms with Gasteiger partial charge in [0.05, 0.1) is 12.2 Å². The van der Waals surface area contributed by atoms with Gasteiger partial charge in [0, 0.05) is 6.04 Å². The van der Waals surface area contributed by atoms with Crippen LogP contribution in [-0.4, -0.2) is 12.1 Å². The van der Waals surface area contributed by atoms with Crippen molar-refractivity contribution >= 4 is 0 Å². The van der Waals surface area contributed by atoms with Crippen LogP contribution in [0.3, 0.4) is 0 Å². The third-order valence-electron chi connectivity index (χ3n) is 3.53. The van der Waals surface area contributed by atoms with Crippen LogP contribution in [0.4, 0.5) is 0 Å². The topological polar surface area (TPSA) is 35.2 Å². The van der Waals surface area contributed by atoms with E-state index in [1.54, 1.807) is 0 Å². The fourth-order valence-corrected chi connectivity index (χ4v) is 1.88. The average molecular weight is 249 g/mol. The molecule has 1 aromatic carbocycles. The minimum atomic E-state index is -0.00713. The summed E-state index contributed by atoms with van der Waals surface area (Å²) >= 11 is 0. The molecule has 1 aromatic rings. The van der Waals surface area contributed by atoms with Gasteiger partial charge in [-0.1, -0.05) is 50.6 Å². The van der Waals surface area contributed by atoms with Crippen molar-refractivity contribution < 1.29 is 4.74 Å². The van der Waals surface area contributed by atoms with Gasteiger partial charge in [0.15, 0.2) is 0 Å². The van der Waals surface area contributed by atoms with Crippen LogP contribution in [0.2, 0.25) is 0 Å². The average Bonchev–Trinajstić information content (AvgIpc) is 2.34. The highest BCUT2D eigenvalue weighted by atomic mass is 16.5. The van der Waals surface area contributed by atoms with E-state index in [1.165, 1.54) is 11.1 Å². The summed E-state index contributed by atoms with van der Waals surface area (Å²) in [6, 6.07) is 8.51. The largest absolute Gasteiger partial charge is 0.369 e. The molecule has 2 heteroatoms. The van der Waals surface area contributed by atoms with Crippen molar-refractivity contribution in [3.8, 4) is 0 Å². The van der Waals surface area contributed by atoms with Crippen LogP contribution in [0.15, 0.2) is 24.3 Å². The zero-order valence-corrected chi connectivity index (χ0v) is 12.3. The molecule has 2 N–H and O–H groups in total. The fourth-order valence-electron chi connectivity index (χ4n) is 1.88. The van der Waals surface area contributed by atoms with Crippen molar-refractivity contribution in [2.24, 2.45) is 11.7 Å². The summed E-state index contributed by atoms with van der Waals surface area (Å²) < 4.78 is 6.18.